The van der Waals surface area contributed by atoms with Crippen LogP contribution in [0.2, 0.25) is 0 Å². The van der Waals surface area contributed by atoms with Crippen LogP contribution in [0, 0.1) is 0 Å². The monoisotopic (exact) mass is 286 g/mol. The van der Waals surface area contributed by atoms with E-state index in [9.17, 15) is 4.79 Å². The van der Waals surface area contributed by atoms with Gasteiger partial charge in [0.15, 0.2) is 0 Å². The minimum Gasteiger partial charge on any atom is -0.378 e. The van der Waals surface area contributed by atoms with Crippen molar-refractivity contribution in [2.24, 2.45) is 0 Å². The molecule has 0 aliphatic rings. The van der Waals surface area contributed by atoms with E-state index in [1.165, 1.54) is 0 Å². The second-order valence-corrected chi connectivity index (χ2v) is 5.17. The Kier molecular flexibility index (Phi) is 5.69. The summed E-state index contributed by atoms with van der Waals surface area (Å²) in [7, 11) is 0. The van der Waals surface area contributed by atoms with E-state index in [0.29, 0.717) is 13.0 Å². The van der Waals surface area contributed by atoms with Crippen molar-refractivity contribution in [3.8, 4) is 0 Å². The molecule has 1 N–H and O–H groups in total. The molecule has 1 aromatic carbocycles. The minimum absolute atomic E-state index is 0.0443. The Bertz CT molecular complexity index is 593. The van der Waals surface area contributed by atoms with Crippen LogP contribution in [0.1, 0.15) is 33.1 Å². The summed E-state index contributed by atoms with van der Waals surface area (Å²) in [5.74, 6) is -0.0443. The van der Waals surface area contributed by atoms with Crippen molar-refractivity contribution in [3.63, 3.8) is 0 Å². The zero-order valence-electron chi connectivity index (χ0n) is 12.6. The zero-order valence-corrected chi connectivity index (χ0v) is 12.6. The topological polar surface area (TPSA) is 51.2 Å². The molecule has 0 fully saturated rings. The number of para-hydroxylation sites is 1. The van der Waals surface area contributed by atoms with Crippen molar-refractivity contribution in [2.75, 3.05) is 11.9 Å². The summed E-state index contributed by atoms with van der Waals surface area (Å²) in [6.07, 6.45) is 4.14. The third kappa shape index (κ3) is 4.53. The van der Waals surface area contributed by atoms with E-state index < -0.39 is 0 Å². The lowest BCUT2D eigenvalue weighted by Crippen LogP contribution is -2.20. The molecule has 112 valence electrons. The van der Waals surface area contributed by atoms with Crippen LogP contribution < -0.4 is 5.32 Å². The maximum Gasteiger partial charge on any atom is 0.227 e. The molecule has 4 nitrogen and oxygen atoms in total. The molecule has 0 radical (unpaired) electrons. The molecule has 2 aromatic rings. The second kappa shape index (κ2) is 7.74. The molecule has 0 saturated heterocycles. The quantitative estimate of drug-likeness (QED) is 0.788. The first-order valence-electron chi connectivity index (χ1n) is 7.46. The van der Waals surface area contributed by atoms with E-state index in [4.69, 9.17) is 4.74 Å². The summed E-state index contributed by atoms with van der Waals surface area (Å²) in [5.41, 5.74) is 1.56. The standard InChI is InChI=1S/C17H22N2O2/c1-3-4-11-21-13(2)12-16(20)19-15-9-5-7-14-8-6-10-18-17(14)15/h5-10,13H,3-4,11-12H2,1-2H3,(H,19,20). The lowest BCUT2D eigenvalue weighted by atomic mass is 10.2. The smallest absolute Gasteiger partial charge is 0.227 e. The SMILES string of the molecule is CCCCOC(C)CC(=O)Nc1cccc2cccnc12. The normalized spacial score (nSPS) is 12.3. The number of pyridine rings is 1. The summed E-state index contributed by atoms with van der Waals surface area (Å²) < 4.78 is 5.60. The number of carbonyl (C=O) groups is 1. The maximum atomic E-state index is 12.1. The maximum absolute atomic E-state index is 12.1. The molecule has 21 heavy (non-hydrogen) atoms. The van der Waals surface area contributed by atoms with E-state index in [-0.39, 0.29) is 12.0 Å². The Morgan fingerprint density at radius 1 is 1.33 bits per heavy atom. The van der Waals surface area contributed by atoms with Crippen molar-refractivity contribution in [1.82, 2.24) is 4.98 Å². The number of aromatic nitrogens is 1. The predicted molar refractivity (Wildman–Crippen MR) is 85.3 cm³/mol. The Labute approximate surface area is 125 Å². The summed E-state index contributed by atoms with van der Waals surface area (Å²) in [5, 5.41) is 3.94. The van der Waals surface area contributed by atoms with E-state index in [2.05, 4.69) is 17.2 Å². The number of nitrogens with one attached hydrogen (secondary N) is 1. The number of hydrogen-bond acceptors (Lipinski definition) is 3. The van der Waals surface area contributed by atoms with Crippen LogP contribution in [-0.2, 0) is 9.53 Å². The number of hydrogen-bond donors (Lipinski definition) is 1. The number of nitrogens with zero attached hydrogens (tertiary/aromatic N) is 1. The molecule has 0 bridgehead atoms. The molecule has 2 rings (SSSR count). The molecule has 1 atom stereocenters. The van der Waals surface area contributed by atoms with Crippen molar-refractivity contribution < 1.29 is 9.53 Å². The van der Waals surface area contributed by atoms with E-state index in [1.807, 2.05) is 37.3 Å². The van der Waals surface area contributed by atoms with E-state index in [1.54, 1.807) is 6.20 Å². The highest BCUT2D eigenvalue weighted by Crippen LogP contribution is 2.20. The first-order valence-corrected chi connectivity index (χ1v) is 7.46. The summed E-state index contributed by atoms with van der Waals surface area (Å²) in [6, 6.07) is 9.64. The van der Waals surface area contributed by atoms with Gasteiger partial charge in [-0.3, -0.25) is 9.78 Å². The van der Waals surface area contributed by atoms with Gasteiger partial charge in [0.25, 0.3) is 0 Å². The number of rotatable bonds is 7. The molecule has 1 amide bonds. The van der Waals surface area contributed by atoms with Gasteiger partial charge in [0, 0.05) is 18.2 Å². The average molecular weight is 286 g/mol. The van der Waals surface area contributed by atoms with Gasteiger partial charge < -0.3 is 10.1 Å². The van der Waals surface area contributed by atoms with E-state index in [0.717, 1.165) is 29.4 Å². The Hall–Kier alpha value is -1.94. The second-order valence-electron chi connectivity index (χ2n) is 5.17. The summed E-state index contributed by atoms with van der Waals surface area (Å²) in [4.78, 5) is 16.4. The number of unbranched alkanes of at least 4 members (excludes halogenated alkanes) is 1. The fourth-order valence-electron chi connectivity index (χ4n) is 2.16. The Balaban J connectivity index is 1.95. The molecular weight excluding hydrogens is 264 g/mol. The van der Waals surface area contributed by atoms with Gasteiger partial charge in [-0.1, -0.05) is 31.5 Å². The zero-order chi connectivity index (χ0) is 15.1. The number of anilines is 1. The molecule has 0 aliphatic heterocycles. The number of amides is 1. The van der Waals surface area contributed by atoms with Crippen molar-refractivity contribution in [3.05, 3.63) is 36.5 Å². The van der Waals surface area contributed by atoms with Crippen molar-refractivity contribution in [2.45, 2.75) is 39.2 Å². The van der Waals surface area contributed by atoms with Crippen LogP contribution >= 0.6 is 0 Å². The highest BCUT2D eigenvalue weighted by atomic mass is 16.5. The van der Waals surface area contributed by atoms with Gasteiger partial charge in [0.2, 0.25) is 5.91 Å². The molecule has 0 aliphatic carbocycles. The highest BCUT2D eigenvalue weighted by molar-refractivity contribution is 6.00. The van der Waals surface area contributed by atoms with Crippen LogP contribution in [0.5, 0.6) is 0 Å². The third-order valence-corrected chi connectivity index (χ3v) is 3.28. The fraction of sp³-hybridized carbons (Fsp3) is 0.412. The summed E-state index contributed by atoms with van der Waals surface area (Å²) >= 11 is 0. The van der Waals surface area contributed by atoms with Crippen molar-refractivity contribution >= 4 is 22.5 Å². The van der Waals surface area contributed by atoms with Crippen molar-refractivity contribution in [1.29, 1.82) is 0 Å². The number of fused-ring (bicyclic) bond motifs is 1. The number of ether oxygens (including phenoxy) is 1. The largest absolute Gasteiger partial charge is 0.378 e. The molecule has 1 heterocycles. The van der Waals surface area contributed by atoms with Gasteiger partial charge in [0.1, 0.15) is 0 Å². The average Bonchev–Trinajstić information content (AvgIpc) is 2.48. The molecule has 4 heteroatoms. The lowest BCUT2D eigenvalue weighted by Gasteiger charge is -2.13. The van der Waals surface area contributed by atoms with Gasteiger partial charge in [-0.05, 0) is 25.5 Å². The molecule has 0 saturated carbocycles. The predicted octanol–water partition coefficient (Wildman–Crippen LogP) is 3.77. The van der Waals surface area contributed by atoms with Crippen LogP contribution in [0.4, 0.5) is 5.69 Å². The molecular formula is C17H22N2O2. The van der Waals surface area contributed by atoms with Crippen LogP contribution in [0.25, 0.3) is 10.9 Å². The van der Waals surface area contributed by atoms with Gasteiger partial charge in [-0.25, -0.2) is 0 Å². The van der Waals surface area contributed by atoms with Crippen LogP contribution in [-0.4, -0.2) is 23.6 Å². The number of carbonyl (C=O) groups excluding carboxylic acids is 1. The number of benzene rings is 1. The Morgan fingerprint density at radius 3 is 2.95 bits per heavy atom. The summed E-state index contributed by atoms with van der Waals surface area (Å²) in [6.45, 7) is 4.76. The highest BCUT2D eigenvalue weighted by Gasteiger charge is 2.11. The van der Waals surface area contributed by atoms with E-state index >= 15 is 0 Å². The molecule has 1 unspecified atom stereocenters. The van der Waals surface area contributed by atoms with Gasteiger partial charge in [-0.2, -0.15) is 0 Å². The molecule has 0 spiro atoms. The first kappa shape index (κ1) is 15.4. The van der Waals surface area contributed by atoms with Crippen LogP contribution in [0.3, 0.4) is 0 Å². The van der Waals surface area contributed by atoms with Crippen LogP contribution in [0.15, 0.2) is 36.5 Å². The van der Waals surface area contributed by atoms with Gasteiger partial charge in [-0.15, -0.1) is 0 Å². The van der Waals surface area contributed by atoms with Gasteiger partial charge in [0.05, 0.1) is 23.7 Å². The lowest BCUT2D eigenvalue weighted by molar-refractivity contribution is -0.118. The van der Waals surface area contributed by atoms with Gasteiger partial charge >= 0.3 is 0 Å². The minimum atomic E-state index is -0.0699. The Morgan fingerprint density at radius 2 is 2.14 bits per heavy atom. The third-order valence-electron chi connectivity index (χ3n) is 3.28. The first-order chi connectivity index (χ1) is 10.2. The fourth-order valence-corrected chi connectivity index (χ4v) is 2.16. The molecule has 1 aromatic heterocycles.